The van der Waals surface area contributed by atoms with E-state index in [4.69, 9.17) is 5.11 Å². The predicted octanol–water partition coefficient (Wildman–Crippen LogP) is 2.36. The molecule has 0 unspecified atom stereocenters. The van der Waals surface area contributed by atoms with Crippen molar-refractivity contribution in [2.24, 2.45) is 0 Å². The zero-order valence-electron chi connectivity index (χ0n) is 12.8. The van der Waals surface area contributed by atoms with Crippen LogP contribution in [0.5, 0.6) is 0 Å². The van der Waals surface area contributed by atoms with Gasteiger partial charge in [0.1, 0.15) is 5.82 Å². The maximum absolute atomic E-state index is 11.7. The number of hydrogen-bond donors (Lipinski definition) is 3. The maximum Gasteiger partial charge on any atom is 0.319 e. The first kappa shape index (κ1) is 15.3. The molecule has 3 N–H and O–H groups in total. The smallest absolute Gasteiger partial charge is 0.319 e. The quantitative estimate of drug-likeness (QED) is 0.806. The third-order valence-corrected chi connectivity index (χ3v) is 3.99. The Hall–Kier alpha value is -2.57. The second-order valence-corrected chi connectivity index (χ2v) is 5.72. The SMILES string of the molecule is O=C(O)CCNC(=O)Nc1ccc2c(c1)nc1n2CCCCC1. The number of rotatable bonds is 4. The number of aryl methyl sites for hydroxylation is 2. The van der Waals surface area contributed by atoms with Crippen LogP contribution in [-0.2, 0) is 17.8 Å². The Morgan fingerprint density at radius 3 is 2.96 bits per heavy atom. The number of nitrogens with one attached hydrogen (secondary N) is 2. The van der Waals surface area contributed by atoms with Gasteiger partial charge in [-0.25, -0.2) is 9.78 Å². The molecule has 1 aliphatic heterocycles. The number of carboxylic acid groups (broad SMARTS) is 1. The minimum absolute atomic E-state index is 0.0970. The Bertz CT molecular complexity index is 738. The molecule has 0 spiro atoms. The third kappa shape index (κ3) is 3.61. The number of aliphatic carboxylic acids is 1. The molecule has 0 saturated heterocycles. The van der Waals surface area contributed by atoms with Crippen LogP contribution in [-0.4, -0.2) is 33.2 Å². The van der Waals surface area contributed by atoms with Crippen molar-refractivity contribution in [2.75, 3.05) is 11.9 Å². The lowest BCUT2D eigenvalue weighted by molar-refractivity contribution is -0.136. The Kier molecular flexibility index (Phi) is 4.45. The zero-order valence-corrected chi connectivity index (χ0v) is 12.8. The number of carbonyl (C=O) groups excluding carboxylic acids is 1. The number of aromatic nitrogens is 2. The van der Waals surface area contributed by atoms with Gasteiger partial charge < -0.3 is 20.3 Å². The van der Waals surface area contributed by atoms with Crippen molar-refractivity contribution in [2.45, 2.75) is 38.6 Å². The number of urea groups is 1. The molecule has 0 aliphatic carbocycles. The van der Waals surface area contributed by atoms with E-state index in [9.17, 15) is 9.59 Å². The standard InChI is InChI=1S/C16H20N4O3/c21-15(22)7-8-17-16(23)18-11-5-6-13-12(10-11)19-14-4-2-1-3-9-20(13)14/h5-6,10H,1-4,7-9H2,(H,21,22)(H2,17,18,23). The maximum atomic E-state index is 11.7. The lowest BCUT2D eigenvalue weighted by Crippen LogP contribution is -2.30. The number of carboxylic acids is 1. The van der Waals surface area contributed by atoms with Gasteiger partial charge in [0, 0.05) is 25.2 Å². The van der Waals surface area contributed by atoms with Gasteiger partial charge in [0.05, 0.1) is 17.5 Å². The molecule has 1 aliphatic rings. The molecule has 0 radical (unpaired) electrons. The van der Waals surface area contributed by atoms with Crippen molar-refractivity contribution >= 4 is 28.7 Å². The van der Waals surface area contributed by atoms with E-state index in [1.54, 1.807) is 0 Å². The van der Waals surface area contributed by atoms with E-state index < -0.39 is 12.0 Å². The fourth-order valence-corrected chi connectivity index (χ4v) is 2.89. The number of benzene rings is 1. The summed E-state index contributed by atoms with van der Waals surface area (Å²) < 4.78 is 2.26. The predicted molar refractivity (Wildman–Crippen MR) is 86.6 cm³/mol. The van der Waals surface area contributed by atoms with Gasteiger partial charge in [-0.05, 0) is 31.0 Å². The van der Waals surface area contributed by atoms with Gasteiger partial charge in [-0.1, -0.05) is 6.42 Å². The first-order valence-electron chi connectivity index (χ1n) is 7.89. The van der Waals surface area contributed by atoms with Crippen molar-refractivity contribution < 1.29 is 14.7 Å². The highest BCUT2D eigenvalue weighted by Crippen LogP contribution is 2.24. The highest BCUT2D eigenvalue weighted by molar-refractivity contribution is 5.92. The minimum atomic E-state index is -0.939. The van der Waals surface area contributed by atoms with Crippen LogP contribution < -0.4 is 10.6 Å². The van der Waals surface area contributed by atoms with Crippen LogP contribution in [0.1, 0.15) is 31.5 Å². The van der Waals surface area contributed by atoms with Crippen molar-refractivity contribution in [3.63, 3.8) is 0 Å². The first-order valence-corrected chi connectivity index (χ1v) is 7.89. The lowest BCUT2D eigenvalue weighted by Gasteiger charge is -2.07. The van der Waals surface area contributed by atoms with Gasteiger partial charge in [0.25, 0.3) is 0 Å². The largest absolute Gasteiger partial charge is 0.481 e. The number of carbonyl (C=O) groups is 2. The molecule has 7 heteroatoms. The Morgan fingerprint density at radius 2 is 2.13 bits per heavy atom. The average Bonchev–Trinajstić information content (AvgIpc) is 2.67. The second-order valence-electron chi connectivity index (χ2n) is 5.72. The summed E-state index contributed by atoms with van der Waals surface area (Å²) >= 11 is 0. The van der Waals surface area contributed by atoms with Crippen LogP contribution in [0.15, 0.2) is 18.2 Å². The molecule has 2 aromatic rings. The molecule has 0 fully saturated rings. The molecule has 1 aromatic heterocycles. The van der Waals surface area contributed by atoms with Crippen LogP contribution in [0.4, 0.5) is 10.5 Å². The molecule has 7 nitrogen and oxygen atoms in total. The first-order chi connectivity index (χ1) is 11.1. The van der Waals surface area contributed by atoms with Crippen LogP contribution in [0.3, 0.4) is 0 Å². The number of imidazole rings is 1. The monoisotopic (exact) mass is 316 g/mol. The summed E-state index contributed by atoms with van der Waals surface area (Å²) in [6.45, 7) is 1.09. The van der Waals surface area contributed by atoms with Crippen molar-refractivity contribution in [1.29, 1.82) is 0 Å². The highest BCUT2D eigenvalue weighted by Gasteiger charge is 2.14. The van der Waals surface area contributed by atoms with E-state index in [2.05, 4.69) is 20.2 Å². The summed E-state index contributed by atoms with van der Waals surface area (Å²) in [5.74, 6) is 0.173. The molecule has 0 saturated carbocycles. The van der Waals surface area contributed by atoms with E-state index in [0.29, 0.717) is 5.69 Å². The fraction of sp³-hybridized carbons (Fsp3) is 0.438. The number of amides is 2. The molecule has 2 heterocycles. The summed E-state index contributed by atoms with van der Waals surface area (Å²) in [5.41, 5.74) is 2.63. The van der Waals surface area contributed by atoms with Gasteiger partial charge in [-0.2, -0.15) is 0 Å². The van der Waals surface area contributed by atoms with E-state index in [-0.39, 0.29) is 13.0 Å². The summed E-state index contributed by atoms with van der Waals surface area (Å²) in [6.07, 6.45) is 4.47. The van der Waals surface area contributed by atoms with Crippen molar-refractivity contribution in [3.8, 4) is 0 Å². The molecule has 0 atom stereocenters. The average molecular weight is 316 g/mol. The van der Waals surface area contributed by atoms with E-state index in [0.717, 1.165) is 29.8 Å². The van der Waals surface area contributed by atoms with Crippen LogP contribution >= 0.6 is 0 Å². The topological polar surface area (TPSA) is 96.2 Å². The Balaban J connectivity index is 1.71. The highest BCUT2D eigenvalue weighted by atomic mass is 16.4. The van der Waals surface area contributed by atoms with Gasteiger partial charge in [-0.15, -0.1) is 0 Å². The zero-order chi connectivity index (χ0) is 16.2. The van der Waals surface area contributed by atoms with E-state index in [1.807, 2.05) is 18.2 Å². The van der Waals surface area contributed by atoms with Gasteiger partial charge in [0.2, 0.25) is 0 Å². The number of anilines is 1. The molecule has 0 bridgehead atoms. The minimum Gasteiger partial charge on any atom is -0.481 e. The van der Waals surface area contributed by atoms with E-state index >= 15 is 0 Å². The molecular formula is C16H20N4O3. The normalized spacial score (nSPS) is 14.1. The molecular weight excluding hydrogens is 296 g/mol. The summed E-state index contributed by atoms with van der Waals surface area (Å²) in [4.78, 5) is 26.8. The number of hydrogen-bond acceptors (Lipinski definition) is 3. The third-order valence-electron chi connectivity index (χ3n) is 3.99. The van der Waals surface area contributed by atoms with Crippen molar-refractivity contribution in [1.82, 2.24) is 14.9 Å². The van der Waals surface area contributed by atoms with Crippen LogP contribution in [0.2, 0.25) is 0 Å². The van der Waals surface area contributed by atoms with Crippen molar-refractivity contribution in [3.05, 3.63) is 24.0 Å². The van der Waals surface area contributed by atoms with Crippen LogP contribution in [0.25, 0.3) is 11.0 Å². The second kappa shape index (κ2) is 6.68. The fourth-order valence-electron chi connectivity index (χ4n) is 2.89. The molecule has 23 heavy (non-hydrogen) atoms. The lowest BCUT2D eigenvalue weighted by atomic mass is 10.2. The van der Waals surface area contributed by atoms with Gasteiger partial charge >= 0.3 is 12.0 Å². The van der Waals surface area contributed by atoms with Gasteiger partial charge in [0.15, 0.2) is 0 Å². The Labute approximate surface area is 133 Å². The van der Waals surface area contributed by atoms with Gasteiger partial charge in [-0.3, -0.25) is 4.79 Å². The molecule has 122 valence electrons. The van der Waals surface area contributed by atoms with Crippen LogP contribution in [0, 0.1) is 0 Å². The van der Waals surface area contributed by atoms with E-state index in [1.165, 1.54) is 19.3 Å². The summed E-state index contributed by atoms with van der Waals surface area (Å²) in [5, 5.41) is 13.8. The summed E-state index contributed by atoms with van der Waals surface area (Å²) in [6, 6.07) is 5.27. The number of nitrogens with zero attached hydrogens (tertiary/aromatic N) is 2. The molecule has 3 rings (SSSR count). The number of fused-ring (bicyclic) bond motifs is 3. The Morgan fingerprint density at radius 1 is 1.26 bits per heavy atom. The summed E-state index contributed by atoms with van der Waals surface area (Å²) in [7, 11) is 0. The molecule has 2 amide bonds. The molecule has 1 aromatic carbocycles.